The van der Waals surface area contributed by atoms with E-state index < -0.39 is 0 Å². The number of aliphatic hydroxyl groups excluding tert-OH is 1. The van der Waals surface area contributed by atoms with E-state index >= 15 is 0 Å². The van der Waals surface area contributed by atoms with Gasteiger partial charge in [-0.05, 0) is 44.2 Å². The van der Waals surface area contributed by atoms with Gasteiger partial charge in [0.1, 0.15) is 5.82 Å². The van der Waals surface area contributed by atoms with E-state index in [1.165, 1.54) is 18.9 Å². The van der Waals surface area contributed by atoms with Crippen molar-refractivity contribution in [2.75, 3.05) is 6.61 Å². The number of aryl methyl sites for hydroxylation is 1. The lowest BCUT2D eigenvalue weighted by Gasteiger charge is -2.32. The van der Waals surface area contributed by atoms with Crippen molar-refractivity contribution in [2.45, 2.75) is 57.0 Å². The van der Waals surface area contributed by atoms with Gasteiger partial charge in [-0.25, -0.2) is 4.39 Å². The van der Waals surface area contributed by atoms with Gasteiger partial charge in [-0.3, -0.25) is 0 Å². The SMILES string of the molecule is CC(CCc1ccccc1F)NC1(CO)CCCC1. The normalized spacial score (nSPS) is 19.5. The van der Waals surface area contributed by atoms with Crippen molar-refractivity contribution in [3.05, 3.63) is 35.6 Å². The molecule has 0 amide bonds. The molecule has 1 aromatic rings. The van der Waals surface area contributed by atoms with Gasteiger partial charge in [-0.1, -0.05) is 31.0 Å². The van der Waals surface area contributed by atoms with Crippen molar-refractivity contribution < 1.29 is 9.50 Å². The molecule has 106 valence electrons. The molecule has 1 atom stereocenters. The van der Waals surface area contributed by atoms with Crippen LogP contribution in [0.15, 0.2) is 24.3 Å². The summed E-state index contributed by atoms with van der Waals surface area (Å²) in [5.41, 5.74) is 0.690. The van der Waals surface area contributed by atoms with Gasteiger partial charge < -0.3 is 10.4 Å². The van der Waals surface area contributed by atoms with Crippen molar-refractivity contribution in [3.8, 4) is 0 Å². The van der Waals surface area contributed by atoms with Crippen molar-refractivity contribution in [3.63, 3.8) is 0 Å². The van der Waals surface area contributed by atoms with Gasteiger partial charge in [0.05, 0.1) is 6.61 Å². The summed E-state index contributed by atoms with van der Waals surface area (Å²) < 4.78 is 13.5. The van der Waals surface area contributed by atoms with Gasteiger partial charge in [0.2, 0.25) is 0 Å². The van der Waals surface area contributed by atoms with Crippen LogP contribution in [0.4, 0.5) is 4.39 Å². The zero-order valence-electron chi connectivity index (χ0n) is 11.7. The monoisotopic (exact) mass is 265 g/mol. The lowest BCUT2D eigenvalue weighted by atomic mass is 9.96. The molecule has 0 heterocycles. The molecular weight excluding hydrogens is 241 g/mol. The molecule has 1 unspecified atom stereocenters. The van der Waals surface area contributed by atoms with E-state index in [1.54, 1.807) is 6.07 Å². The molecule has 1 saturated carbocycles. The van der Waals surface area contributed by atoms with Crippen molar-refractivity contribution >= 4 is 0 Å². The lowest BCUT2D eigenvalue weighted by Crippen LogP contribution is -2.50. The fraction of sp³-hybridized carbons (Fsp3) is 0.625. The van der Waals surface area contributed by atoms with Crippen molar-refractivity contribution in [1.29, 1.82) is 0 Å². The summed E-state index contributed by atoms with van der Waals surface area (Å²) in [5, 5.41) is 13.1. The minimum absolute atomic E-state index is 0.0886. The number of aliphatic hydroxyl groups is 1. The Morgan fingerprint density at radius 3 is 2.63 bits per heavy atom. The summed E-state index contributed by atoms with van der Waals surface area (Å²) in [6.07, 6.45) is 6.10. The molecule has 0 saturated heterocycles. The van der Waals surface area contributed by atoms with Crippen LogP contribution in [0.5, 0.6) is 0 Å². The Bertz CT molecular complexity index is 401. The molecule has 0 aliphatic heterocycles. The Balaban J connectivity index is 1.84. The van der Waals surface area contributed by atoms with E-state index in [0.717, 1.165) is 31.2 Å². The molecule has 0 spiro atoms. The predicted molar refractivity (Wildman–Crippen MR) is 75.6 cm³/mol. The Morgan fingerprint density at radius 1 is 1.32 bits per heavy atom. The summed E-state index contributed by atoms with van der Waals surface area (Å²) in [5.74, 6) is -0.118. The van der Waals surface area contributed by atoms with E-state index in [0.29, 0.717) is 6.04 Å². The Morgan fingerprint density at radius 2 is 2.00 bits per heavy atom. The van der Waals surface area contributed by atoms with Crippen LogP contribution in [-0.2, 0) is 6.42 Å². The zero-order valence-corrected chi connectivity index (χ0v) is 11.7. The highest BCUT2D eigenvalue weighted by molar-refractivity contribution is 5.17. The second-order valence-corrected chi connectivity index (χ2v) is 5.82. The third kappa shape index (κ3) is 3.77. The van der Waals surface area contributed by atoms with Gasteiger partial charge >= 0.3 is 0 Å². The standard InChI is InChI=1S/C16H24FNO/c1-13(18-16(12-19)10-4-5-11-16)8-9-14-6-2-3-7-15(14)17/h2-3,6-7,13,18-19H,4-5,8-12H2,1H3. The fourth-order valence-electron chi connectivity index (χ4n) is 3.07. The molecule has 3 heteroatoms. The maximum atomic E-state index is 13.5. The van der Waals surface area contributed by atoms with E-state index in [9.17, 15) is 9.50 Å². The quantitative estimate of drug-likeness (QED) is 0.828. The highest BCUT2D eigenvalue weighted by atomic mass is 19.1. The Kier molecular flexibility index (Phi) is 4.94. The first-order valence-corrected chi connectivity index (χ1v) is 7.27. The third-order valence-electron chi connectivity index (χ3n) is 4.22. The molecule has 0 aromatic heterocycles. The molecule has 19 heavy (non-hydrogen) atoms. The molecular formula is C16H24FNO. The van der Waals surface area contributed by atoms with Gasteiger partial charge in [0, 0.05) is 11.6 Å². The third-order valence-corrected chi connectivity index (χ3v) is 4.22. The molecule has 1 fully saturated rings. The van der Waals surface area contributed by atoms with Crippen LogP contribution < -0.4 is 5.32 Å². The van der Waals surface area contributed by atoms with Gasteiger partial charge in [0.25, 0.3) is 0 Å². The Hall–Kier alpha value is -0.930. The maximum absolute atomic E-state index is 13.5. The minimum atomic E-state index is -0.118. The number of rotatable bonds is 6. The average molecular weight is 265 g/mol. The van der Waals surface area contributed by atoms with Crippen molar-refractivity contribution in [1.82, 2.24) is 5.32 Å². The number of benzene rings is 1. The summed E-state index contributed by atoms with van der Waals surface area (Å²) >= 11 is 0. The van der Waals surface area contributed by atoms with E-state index in [2.05, 4.69) is 12.2 Å². The molecule has 0 bridgehead atoms. The van der Waals surface area contributed by atoms with Crippen LogP contribution in [-0.4, -0.2) is 23.3 Å². The molecule has 2 rings (SSSR count). The fourth-order valence-corrected chi connectivity index (χ4v) is 3.07. The van der Waals surface area contributed by atoms with Gasteiger partial charge in [-0.2, -0.15) is 0 Å². The van der Waals surface area contributed by atoms with E-state index in [1.807, 2.05) is 12.1 Å². The first-order valence-electron chi connectivity index (χ1n) is 7.27. The zero-order chi connectivity index (χ0) is 13.7. The molecule has 1 aliphatic carbocycles. The molecule has 1 aromatic carbocycles. The van der Waals surface area contributed by atoms with Crippen LogP contribution in [0.25, 0.3) is 0 Å². The molecule has 2 N–H and O–H groups in total. The summed E-state index contributed by atoms with van der Waals surface area (Å²) in [6, 6.07) is 7.26. The number of hydrogen-bond acceptors (Lipinski definition) is 2. The summed E-state index contributed by atoms with van der Waals surface area (Å²) in [4.78, 5) is 0. The highest BCUT2D eigenvalue weighted by Gasteiger charge is 2.33. The van der Waals surface area contributed by atoms with Gasteiger partial charge in [-0.15, -0.1) is 0 Å². The first kappa shape index (κ1) is 14.5. The van der Waals surface area contributed by atoms with Gasteiger partial charge in [0.15, 0.2) is 0 Å². The van der Waals surface area contributed by atoms with E-state index in [-0.39, 0.29) is 18.0 Å². The number of hydrogen-bond donors (Lipinski definition) is 2. The van der Waals surface area contributed by atoms with Crippen LogP contribution in [0.3, 0.4) is 0 Å². The van der Waals surface area contributed by atoms with Crippen molar-refractivity contribution in [2.24, 2.45) is 0 Å². The highest BCUT2D eigenvalue weighted by Crippen LogP contribution is 2.30. The maximum Gasteiger partial charge on any atom is 0.126 e. The first-order chi connectivity index (χ1) is 9.15. The number of nitrogens with one attached hydrogen (secondary N) is 1. The van der Waals surface area contributed by atoms with Crippen LogP contribution in [0.1, 0.15) is 44.6 Å². The molecule has 0 radical (unpaired) electrons. The summed E-state index contributed by atoms with van der Waals surface area (Å²) in [6.45, 7) is 2.33. The molecule has 2 nitrogen and oxygen atoms in total. The topological polar surface area (TPSA) is 32.3 Å². The predicted octanol–water partition coefficient (Wildman–Crippen LogP) is 3.04. The Labute approximate surface area is 115 Å². The van der Waals surface area contributed by atoms with Crippen LogP contribution in [0, 0.1) is 5.82 Å². The minimum Gasteiger partial charge on any atom is -0.394 e. The second kappa shape index (κ2) is 6.49. The van der Waals surface area contributed by atoms with Crippen LogP contribution in [0.2, 0.25) is 0 Å². The van der Waals surface area contributed by atoms with Crippen LogP contribution >= 0.6 is 0 Å². The summed E-state index contributed by atoms with van der Waals surface area (Å²) in [7, 11) is 0. The lowest BCUT2D eigenvalue weighted by molar-refractivity contribution is 0.151. The second-order valence-electron chi connectivity index (χ2n) is 5.82. The average Bonchev–Trinajstić information content (AvgIpc) is 2.87. The molecule has 1 aliphatic rings. The number of halogens is 1. The smallest absolute Gasteiger partial charge is 0.126 e. The van der Waals surface area contributed by atoms with E-state index in [4.69, 9.17) is 0 Å². The largest absolute Gasteiger partial charge is 0.394 e.